The number of methoxy groups -OCH3 is 1. The standard InChI is InChI=1S/C15H17N5O4S/c1-24-13-7-10(15(16)21)6-12-14(13)19(20(12)17)8-9-2-4-11(5-3-9)25(18,22)23/h2-7H,8,17H2,1H3,(H2,16,21)(H2,18,22,23). The summed E-state index contributed by atoms with van der Waals surface area (Å²) in [4.78, 5) is 12.8. The number of benzene rings is 2. The molecule has 0 saturated carbocycles. The summed E-state index contributed by atoms with van der Waals surface area (Å²) in [5.41, 5.74) is 7.73. The second-order valence-electron chi connectivity index (χ2n) is 5.50. The van der Waals surface area contributed by atoms with Crippen molar-refractivity contribution in [3.8, 4) is 5.75 Å². The quantitative estimate of drug-likeness (QED) is 0.544. The summed E-state index contributed by atoms with van der Waals surface area (Å²) in [6, 6.07) is 9.29. The van der Waals surface area contributed by atoms with Crippen LogP contribution in [0.4, 0.5) is 0 Å². The third kappa shape index (κ3) is 2.92. The Morgan fingerprint density at radius 3 is 2.36 bits per heavy atom. The minimum atomic E-state index is -3.74. The highest BCUT2D eigenvalue weighted by atomic mass is 32.2. The Hall–Kier alpha value is -2.98. The summed E-state index contributed by atoms with van der Waals surface area (Å²) >= 11 is 0. The van der Waals surface area contributed by atoms with Gasteiger partial charge in [-0.05, 0) is 29.8 Å². The fourth-order valence-electron chi connectivity index (χ4n) is 2.63. The maximum absolute atomic E-state index is 11.4. The zero-order chi connectivity index (χ0) is 18.4. The zero-order valence-electron chi connectivity index (χ0n) is 13.3. The summed E-state index contributed by atoms with van der Waals surface area (Å²) < 4.78 is 29.7. The van der Waals surface area contributed by atoms with Crippen molar-refractivity contribution in [3.05, 3.63) is 47.5 Å². The maximum Gasteiger partial charge on any atom is 0.248 e. The maximum atomic E-state index is 11.4. The molecule has 10 heteroatoms. The highest BCUT2D eigenvalue weighted by Gasteiger charge is 2.19. The van der Waals surface area contributed by atoms with Crippen LogP contribution < -0.4 is 21.5 Å². The van der Waals surface area contributed by atoms with E-state index in [1.54, 1.807) is 28.9 Å². The number of primary amides is 1. The van der Waals surface area contributed by atoms with E-state index < -0.39 is 15.9 Å². The van der Waals surface area contributed by atoms with Crippen LogP contribution in [0.15, 0.2) is 41.3 Å². The van der Waals surface area contributed by atoms with E-state index in [-0.39, 0.29) is 4.90 Å². The van der Waals surface area contributed by atoms with Gasteiger partial charge in [0, 0.05) is 5.56 Å². The lowest BCUT2D eigenvalue weighted by Crippen LogP contribution is -2.31. The minimum absolute atomic E-state index is 0.0357. The molecule has 2 aromatic carbocycles. The van der Waals surface area contributed by atoms with E-state index in [9.17, 15) is 13.2 Å². The largest absolute Gasteiger partial charge is 0.494 e. The van der Waals surface area contributed by atoms with Gasteiger partial charge >= 0.3 is 0 Å². The SMILES string of the molecule is COc1cc(C(N)=O)cc2c1n(Cc1ccc(S(N)(=O)=O)cc1)n2N. The number of nitrogen functional groups attached to an aromatic ring is 1. The van der Waals surface area contributed by atoms with Crippen molar-refractivity contribution < 1.29 is 17.9 Å². The Balaban J connectivity index is 2.00. The van der Waals surface area contributed by atoms with Gasteiger partial charge in [-0.3, -0.25) is 9.48 Å². The van der Waals surface area contributed by atoms with Crippen molar-refractivity contribution in [2.45, 2.75) is 11.4 Å². The Bertz CT molecular complexity index is 1060. The number of aromatic nitrogens is 2. The molecule has 0 aliphatic carbocycles. The van der Waals surface area contributed by atoms with Crippen molar-refractivity contribution in [3.63, 3.8) is 0 Å². The van der Waals surface area contributed by atoms with Gasteiger partial charge in [0.2, 0.25) is 15.9 Å². The van der Waals surface area contributed by atoms with E-state index in [0.717, 1.165) is 5.56 Å². The van der Waals surface area contributed by atoms with Crippen LogP contribution in [-0.4, -0.2) is 30.9 Å². The van der Waals surface area contributed by atoms with Gasteiger partial charge in [0.05, 0.1) is 18.6 Å². The highest BCUT2D eigenvalue weighted by Crippen LogP contribution is 2.30. The molecule has 1 aromatic heterocycles. The van der Waals surface area contributed by atoms with E-state index in [0.29, 0.717) is 28.9 Å². The van der Waals surface area contributed by atoms with Gasteiger partial charge in [0.25, 0.3) is 0 Å². The average molecular weight is 363 g/mol. The van der Waals surface area contributed by atoms with Gasteiger partial charge < -0.3 is 16.3 Å². The van der Waals surface area contributed by atoms with E-state index in [4.69, 9.17) is 21.5 Å². The van der Waals surface area contributed by atoms with Crippen molar-refractivity contribution in [2.24, 2.45) is 10.9 Å². The Morgan fingerprint density at radius 2 is 1.84 bits per heavy atom. The number of amides is 1. The van der Waals surface area contributed by atoms with Crippen LogP contribution in [0.3, 0.4) is 0 Å². The summed E-state index contributed by atoms with van der Waals surface area (Å²) in [6.45, 7) is 0.376. The molecule has 9 nitrogen and oxygen atoms in total. The normalized spacial score (nSPS) is 11.8. The molecular weight excluding hydrogens is 346 g/mol. The lowest BCUT2D eigenvalue weighted by Gasteiger charge is -2.25. The smallest absolute Gasteiger partial charge is 0.248 e. The number of hydrogen-bond donors (Lipinski definition) is 3. The first-order chi connectivity index (χ1) is 11.7. The number of nitrogens with two attached hydrogens (primary N) is 3. The number of nitrogens with zero attached hydrogens (tertiary/aromatic N) is 2. The number of carbonyl (C=O) groups is 1. The minimum Gasteiger partial charge on any atom is -0.494 e. The zero-order valence-corrected chi connectivity index (χ0v) is 14.2. The molecule has 0 unspecified atom stereocenters. The second-order valence-corrected chi connectivity index (χ2v) is 7.06. The molecule has 0 bridgehead atoms. The van der Waals surface area contributed by atoms with Crippen molar-refractivity contribution in [1.29, 1.82) is 0 Å². The molecule has 0 saturated heterocycles. The number of ether oxygens (including phenoxy) is 1. The van der Waals surface area contributed by atoms with Crippen molar-refractivity contribution in [1.82, 2.24) is 9.47 Å². The number of rotatable bonds is 5. The Labute approximate surface area is 143 Å². The van der Waals surface area contributed by atoms with Crippen molar-refractivity contribution >= 4 is 27.0 Å². The van der Waals surface area contributed by atoms with Crippen LogP contribution in [0.5, 0.6) is 5.75 Å². The third-order valence-corrected chi connectivity index (χ3v) is 4.84. The van der Waals surface area contributed by atoms with E-state index in [1.165, 1.54) is 24.0 Å². The van der Waals surface area contributed by atoms with E-state index >= 15 is 0 Å². The molecule has 0 spiro atoms. The number of hydrogen-bond acceptors (Lipinski definition) is 5. The summed E-state index contributed by atoms with van der Waals surface area (Å²) in [7, 11) is -2.25. The Kier molecular flexibility index (Phi) is 3.93. The van der Waals surface area contributed by atoms with Crippen LogP contribution in [0.2, 0.25) is 0 Å². The lowest BCUT2D eigenvalue weighted by atomic mass is 10.1. The predicted molar refractivity (Wildman–Crippen MR) is 92.1 cm³/mol. The van der Waals surface area contributed by atoms with E-state index in [1.807, 2.05) is 0 Å². The number of primary sulfonamides is 1. The van der Waals surface area contributed by atoms with Gasteiger partial charge in [-0.2, -0.15) is 4.79 Å². The molecule has 25 heavy (non-hydrogen) atoms. The molecule has 3 aromatic rings. The van der Waals surface area contributed by atoms with Gasteiger partial charge in [0.1, 0.15) is 16.8 Å². The fourth-order valence-corrected chi connectivity index (χ4v) is 3.15. The fraction of sp³-hybridized carbons (Fsp3) is 0.133. The van der Waals surface area contributed by atoms with Gasteiger partial charge in [-0.1, -0.05) is 12.1 Å². The number of fused-ring (bicyclic) bond motifs is 1. The molecule has 1 amide bonds. The average Bonchev–Trinajstić information content (AvgIpc) is 2.57. The second kappa shape index (κ2) is 5.83. The third-order valence-electron chi connectivity index (χ3n) is 3.91. The molecule has 0 atom stereocenters. The van der Waals surface area contributed by atoms with Gasteiger partial charge in [-0.25, -0.2) is 13.6 Å². The van der Waals surface area contributed by atoms with Crippen LogP contribution in [0.1, 0.15) is 15.9 Å². The first kappa shape index (κ1) is 16.9. The Morgan fingerprint density at radius 1 is 1.20 bits per heavy atom. The molecule has 0 aliphatic heterocycles. The van der Waals surface area contributed by atoms with Gasteiger partial charge in [-0.15, -0.1) is 0 Å². The first-order valence-electron chi connectivity index (χ1n) is 7.18. The van der Waals surface area contributed by atoms with Crippen LogP contribution in [-0.2, 0) is 16.6 Å². The number of sulfonamides is 1. The first-order valence-corrected chi connectivity index (χ1v) is 8.73. The predicted octanol–water partition coefficient (Wildman–Crippen LogP) is -0.0402. The molecule has 132 valence electrons. The monoisotopic (exact) mass is 363 g/mol. The molecular formula is C15H17N5O4S. The summed E-state index contributed by atoms with van der Waals surface area (Å²) in [5, 5.41) is 5.09. The molecule has 1 heterocycles. The van der Waals surface area contributed by atoms with Crippen molar-refractivity contribution in [2.75, 3.05) is 13.0 Å². The molecule has 6 N–H and O–H groups in total. The van der Waals surface area contributed by atoms with E-state index in [2.05, 4.69) is 0 Å². The lowest BCUT2D eigenvalue weighted by molar-refractivity contribution is 0.1000. The summed E-state index contributed by atoms with van der Waals surface area (Å²) in [6.07, 6.45) is 0. The molecule has 3 rings (SSSR count). The molecule has 0 aliphatic rings. The topological polar surface area (TPSA) is 148 Å². The summed E-state index contributed by atoms with van der Waals surface area (Å²) in [5.74, 6) is 5.90. The van der Waals surface area contributed by atoms with Crippen LogP contribution >= 0.6 is 0 Å². The van der Waals surface area contributed by atoms with Gasteiger partial charge in [0.15, 0.2) is 0 Å². The van der Waals surface area contributed by atoms with Crippen LogP contribution in [0, 0.1) is 0 Å². The highest BCUT2D eigenvalue weighted by molar-refractivity contribution is 7.89. The number of carbonyl (C=O) groups excluding carboxylic acids is 1. The molecule has 0 radical (unpaired) electrons. The molecule has 0 fully saturated rings. The van der Waals surface area contributed by atoms with Crippen LogP contribution in [0.25, 0.3) is 11.0 Å².